The van der Waals surface area contributed by atoms with Crippen molar-refractivity contribution in [2.24, 2.45) is 0 Å². The van der Waals surface area contributed by atoms with Gasteiger partial charge in [-0.3, -0.25) is 0 Å². The fourth-order valence-corrected chi connectivity index (χ4v) is 1.22. The van der Waals surface area contributed by atoms with E-state index in [9.17, 15) is 6.80 Å². The zero-order valence-corrected chi connectivity index (χ0v) is 6.72. The normalized spacial score (nSPS) is 11.7. The van der Waals surface area contributed by atoms with Gasteiger partial charge in [0.25, 0.3) is 0 Å². The standard InChI is InChI=1S/C2H5O.H2O.2O.W/c1-2-3;;;;/h2H2,1H3;1H2;;;/q-1;;;;+2/p-1. The van der Waals surface area contributed by atoms with E-state index in [4.69, 9.17) is 3.76 Å². The summed E-state index contributed by atoms with van der Waals surface area (Å²) in [6.07, 6.45) is 0. The molecule has 4 nitrogen and oxygen atoms in total. The second-order valence-corrected chi connectivity index (χ2v) is 4.75. The van der Waals surface area contributed by atoms with Gasteiger partial charge in [-0.25, -0.2) is 0 Å². The molecule has 0 heterocycles. The Bertz CT molecular complexity index is 123. The molecule has 7 heavy (non-hydrogen) atoms. The van der Waals surface area contributed by atoms with Crippen molar-refractivity contribution in [1.29, 1.82) is 0 Å². The predicted octanol–water partition coefficient (Wildman–Crippen LogP) is -0.310. The molecule has 0 radical (unpaired) electrons. The van der Waals surface area contributed by atoms with Crippen molar-refractivity contribution >= 4 is 0 Å². The summed E-state index contributed by atoms with van der Waals surface area (Å²) in [5.74, 6) is 0. The molecule has 1 N–H and O–H groups in total. The van der Waals surface area contributed by atoms with Crippen LogP contribution in [0.2, 0.25) is 0 Å². The molecule has 0 bridgehead atoms. The SMILES string of the molecule is CC[O][W](=[O])(=[O])[OH]. The Morgan fingerprint density at radius 2 is 2.14 bits per heavy atom. The van der Waals surface area contributed by atoms with Crippen LogP contribution in [-0.4, -0.2) is 10.4 Å². The summed E-state index contributed by atoms with van der Waals surface area (Å²) >= 11 is -5.26. The van der Waals surface area contributed by atoms with Crippen LogP contribution in [0.15, 0.2) is 0 Å². The Morgan fingerprint density at radius 1 is 1.71 bits per heavy atom. The van der Waals surface area contributed by atoms with Gasteiger partial charge in [-0.2, -0.15) is 0 Å². The molecule has 0 aliphatic rings. The van der Waals surface area contributed by atoms with Gasteiger partial charge in [0.1, 0.15) is 0 Å². The Labute approximate surface area is 44.8 Å². The van der Waals surface area contributed by atoms with Crippen LogP contribution >= 0.6 is 0 Å². The molecule has 0 rings (SSSR count). The van der Waals surface area contributed by atoms with E-state index in [-0.39, 0.29) is 6.61 Å². The van der Waals surface area contributed by atoms with Crippen molar-refractivity contribution < 1.29 is 30.7 Å². The predicted molar refractivity (Wildman–Crippen MR) is 15.2 cm³/mol. The number of hydrogen-bond acceptors (Lipinski definition) is 3. The molecule has 44 valence electrons. The Kier molecular flexibility index (Phi) is 2.57. The molecule has 0 aromatic carbocycles. The Balaban J connectivity index is 3.60. The Hall–Kier alpha value is 0.208. The molecular weight excluding hydrogens is 272 g/mol. The molecule has 0 aromatic rings. The molecule has 0 aromatic heterocycles. The van der Waals surface area contributed by atoms with Crippen molar-refractivity contribution in [2.45, 2.75) is 6.92 Å². The van der Waals surface area contributed by atoms with E-state index in [0.717, 1.165) is 0 Å². The summed E-state index contributed by atoms with van der Waals surface area (Å²) in [6, 6.07) is 0. The average molecular weight is 278 g/mol. The quantitative estimate of drug-likeness (QED) is 0.752. The number of rotatable bonds is 2. The van der Waals surface area contributed by atoms with Crippen molar-refractivity contribution in [2.75, 3.05) is 6.61 Å². The fraction of sp³-hybridized carbons (Fsp3) is 1.00. The third-order valence-corrected chi connectivity index (χ3v) is 2.18. The molecule has 0 aliphatic heterocycles. The van der Waals surface area contributed by atoms with Crippen molar-refractivity contribution in [3.05, 3.63) is 0 Å². The fourth-order valence-electron chi connectivity index (χ4n) is 0.149. The first-order valence-electron chi connectivity index (χ1n) is 1.68. The van der Waals surface area contributed by atoms with Crippen LogP contribution in [0.5, 0.6) is 0 Å². The summed E-state index contributed by atoms with van der Waals surface area (Å²) in [5.41, 5.74) is 0. The summed E-state index contributed by atoms with van der Waals surface area (Å²) in [7, 11) is 0. The van der Waals surface area contributed by atoms with Crippen LogP contribution in [-0.2, 0) is 26.9 Å². The molecule has 0 aliphatic carbocycles. The third-order valence-electron chi connectivity index (χ3n) is 0.267. The number of hydrogen-bond donors (Lipinski definition) is 1. The van der Waals surface area contributed by atoms with Gasteiger partial charge in [0.05, 0.1) is 0 Å². The van der Waals surface area contributed by atoms with Crippen molar-refractivity contribution in [3.8, 4) is 0 Å². The Morgan fingerprint density at radius 3 is 2.14 bits per heavy atom. The maximum atomic E-state index is 9.69. The molecule has 0 fully saturated rings. The van der Waals surface area contributed by atoms with Gasteiger partial charge >= 0.3 is 44.2 Å². The van der Waals surface area contributed by atoms with Gasteiger partial charge in [-0.15, -0.1) is 0 Å². The molecule has 5 heteroatoms. The maximum absolute atomic E-state index is 9.69. The van der Waals surface area contributed by atoms with E-state index in [1.165, 1.54) is 6.92 Å². The zero-order valence-electron chi connectivity index (χ0n) is 3.79. The molecule has 0 spiro atoms. The van der Waals surface area contributed by atoms with Gasteiger partial charge in [-0.1, -0.05) is 0 Å². The second-order valence-electron chi connectivity index (χ2n) is 0.834. The van der Waals surface area contributed by atoms with Crippen LogP contribution in [0.25, 0.3) is 0 Å². The monoisotopic (exact) mass is 278 g/mol. The zero-order chi connectivity index (χ0) is 5.91. The summed E-state index contributed by atoms with van der Waals surface area (Å²) < 4.78 is 31.2. The second kappa shape index (κ2) is 2.50. The van der Waals surface area contributed by atoms with Gasteiger partial charge < -0.3 is 0 Å². The van der Waals surface area contributed by atoms with Gasteiger partial charge in [0, 0.05) is 0 Å². The van der Waals surface area contributed by atoms with Crippen LogP contribution in [0.4, 0.5) is 0 Å². The molecule has 0 saturated carbocycles. The minimum atomic E-state index is -5.26. The summed E-state index contributed by atoms with van der Waals surface area (Å²) in [6.45, 7) is 1.52. The van der Waals surface area contributed by atoms with E-state index >= 15 is 0 Å². The van der Waals surface area contributed by atoms with Gasteiger partial charge in [0.15, 0.2) is 0 Å². The van der Waals surface area contributed by atoms with Crippen LogP contribution < -0.4 is 0 Å². The molecule has 0 atom stereocenters. The van der Waals surface area contributed by atoms with E-state index in [2.05, 4.69) is 3.39 Å². The van der Waals surface area contributed by atoms with Crippen LogP contribution in [0.3, 0.4) is 0 Å². The average Bonchev–Trinajstić information content (AvgIpc) is 1.30. The molecule has 0 saturated heterocycles. The van der Waals surface area contributed by atoms with E-state index in [1.807, 2.05) is 0 Å². The topological polar surface area (TPSA) is 63.6 Å². The third kappa shape index (κ3) is 6.21. The molecule has 0 amide bonds. The molecular formula is C2H6O4W. The van der Waals surface area contributed by atoms with Gasteiger partial charge in [-0.05, 0) is 0 Å². The van der Waals surface area contributed by atoms with Crippen molar-refractivity contribution in [1.82, 2.24) is 0 Å². The molecule has 0 unspecified atom stereocenters. The minimum absolute atomic E-state index is 0.0266. The van der Waals surface area contributed by atoms with E-state index < -0.39 is 16.7 Å². The first kappa shape index (κ1) is 7.21. The first-order valence-corrected chi connectivity index (χ1v) is 6.58. The first-order chi connectivity index (χ1) is 3.06. The van der Waals surface area contributed by atoms with E-state index in [0.29, 0.717) is 0 Å². The van der Waals surface area contributed by atoms with Gasteiger partial charge in [0.2, 0.25) is 0 Å². The van der Waals surface area contributed by atoms with Crippen LogP contribution in [0.1, 0.15) is 6.92 Å². The summed E-state index contributed by atoms with van der Waals surface area (Å²) in [5, 5.41) is 0. The van der Waals surface area contributed by atoms with E-state index in [1.54, 1.807) is 0 Å². The van der Waals surface area contributed by atoms with Crippen molar-refractivity contribution in [3.63, 3.8) is 0 Å². The summed E-state index contributed by atoms with van der Waals surface area (Å²) in [4.78, 5) is 0. The van der Waals surface area contributed by atoms with Crippen LogP contribution in [0, 0.1) is 0 Å².